The van der Waals surface area contributed by atoms with Crippen molar-refractivity contribution in [3.63, 3.8) is 0 Å². The molecule has 0 aliphatic carbocycles. The molecule has 0 aliphatic heterocycles. The fraction of sp³-hybridized carbons (Fsp3) is 0.231. The highest BCUT2D eigenvalue weighted by molar-refractivity contribution is 7.09. The fourth-order valence-corrected chi connectivity index (χ4v) is 4.76. The van der Waals surface area contributed by atoms with Gasteiger partial charge in [-0.2, -0.15) is 4.37 Å². The summed E-state index contributed by atoms with van der Waals surface area (Å²) in [5, 5.41) is 3.78. The summed E-state index contributed by atoms with van der Waals surface area (Å²) in [4.78, 5) is 44.4. The molecule has 6 N–H and O–H groups in total. The van der Waals surface area contributed by atoms with E-state index in [4.69, 9.17) is 16.2 Å². The van der Waals surface area contributed by atoms with Gasteiger partial charge in [-0.05, 0) is 62.6 Å². The Morgan fingerprint density at radius 2 is 1.78 bits per heavy atom. The third kappa shape index (κ3) is 5.12. The average Bonchev–Trinajstić information content (AvgIpc) is 3.44. The smallest absolute Gasteiger partial charge is 0.273 e. The summed E-state index contributed by atoms with van der Waals surface area (Å²) in [6.07, 6.45) is 1.71. The number of nitrogens with two attached hydrogens (primary N) is 2. The highest BCUT2D eigenvalue weighted by Crippen LogP contribution is 2.36. The molecule has 0 fully saturated rings. The van der Waals surface area contributed by atoms with Crippen LogP contribution < -0.4 is 26.4 Å². The lowest BCUT2D eigenvalue weighted by atomic mass is 9.99. The van der Waals surface area contributed by atoms with E-state index in [0.29, 0.717) is 17.0 Å². The van der Waals surface area contributed by atoms with Crippen molar-refractivity contribution in [3.8, 4) is 5.75 Å². The number of aromatic amines is 1. The second kappa shape index (κ2) is 9.94. The van der Waals surface area contributed by atoms with Crippen LogP contribution in [0.5, 0.6) is 5.75 Å². The van der Waals surface area contributed by atoms with Gasteiger partial charge in [0.25, 0.3) is 11.8 Å². The number of para-hydroxylation sites is 1. The van der Waals surface area contributed by atoms with Crippen molar-refractivity contribution in [2.45, 2.75) is 32.4 Å². The zero-order valence-corrected chi connectivity index (χ0v) is 21.7. The van der Waals surface area contributed by atoms with E-state index in [1.165, 1.54) is 12.0 Å². The monoisotopic (exact) mass is 520 g/mol. The van der Waals surface area contributed by atoms with Crippen LogP contribution in [0.4, 0.5) is 11.4 Å². The number of hydrogen-bond donors (Lipinski definition) is 4. The summed E-state index contributed by atoms with van der Waals surface area (Å²) in [6.45, 7) is 5.57. The Bertz CT molecular complexity index is 1470. The van der Waals surface area contributed by atoms with Gasteiger partial charge in [0.2, 0.25) is 5.91 Å². The normalized spacial score (nSPS) is 12.2. The Kier molecular flexibility index (Phi) is 6.90. The zero-order valence-electron chi connectivity index (χ0n) is 20.9. The lowest BCUT2D eigenvalue weighted by Crippen LogP contribution is -2.49. The quantitative estimate of drug-likeness (QED) is 0.292. The first-order valence-electron chi connectivity index (χ1n) is 11.4. The Hall–Kier alpha value is -4.38. The van der Waals surface area contributed by atoms with Crippen molar-refractivity contribution in [2.24, 2.45) is 5.73 Å². The molecule has 2 aromatic heterocycles. The Morgan fingerprint density at radius 3 is 2.38 bits per heavy atom. The Morgan fingerprint density at radius 1 is 1.11 bits per heavy atom. The van der Waals surface area contributed by atoms with Gasteiger partial charge in [-0.3, -0.25) is 19.3 Å². The van der Waals surface area contributed by atoms with Crippen molar-refractivity contribution < 1.29 is 19.1 Å². The van der Waals surface area contributed by atoms with Gasteiger partial charge in [0, 0.05) is 33.9 Å². The maximum absolute atomic E-state index is 14.1. The van der Waals surface area contributed by atoms with Crippen LogP contribution in [0.15, 0.2) is 54.7 Å². The first-order valence-corrected chi connectivity index (χ1v) is 12.2. The Balaban J connectivity index is 1.95. The number of carbonyl (C=O) groups excluding carboxylic acids is 3. The molecule has 0 saturated carbocycles. The second-order valence-corrected chi connectivity index (χ2v) is 10.2. The molecule has 1 atom stereocenters. The minimum atomic E-state index is -1.10. The molecule has 0 bridgehead atoms. The number of hydrogen-bond acceptors (Lipinski definition) is 7. The molecule has 2 aromatic carbocycles. The molecule has 0 saturated heterocycles. The summed E-state index contributed by atoms with van der Waals surface area (Å²) in [5.41, 5.74) is 12.4. The molecule has 0 unspecified atom stereocenters. The van der Waals surface area contributed by atoms with Crippen LogP contribution in [0.3, 0.4) is 0 Å². The number of benzene rings is 2. The number of primary amides is 1. The number of amides is 3. The highest BCUT2D eigenvalue weighted by atomic mass is 32.1. The van der Waals surface area contributed by atoms with Crippen molar-refractivity contribution in [1.82, 2.24) is 14.7 Å². The molecule has 2 heterocycles. The first kappa shape index (κ1) is 25.7. The van der Waals surface area contributed by atoms with Crippen LogP contribution in [0.2, 0.25) is 0 Å². The predicted octanol–water partition coefficient (Wildman–Crippen LogP) is 3.62. The molecule has 4 rings (SSSR count). The third-order valence-electron chi connectivity index (χ3n) is 5.65. The molecule has 37 heavy (non-hydrogen) atoms. The van der Waals surface area contributed by atoms with Crippen molar-refractivity contribution in [2.75, 3.05) is 17.7 Å². The van der Waals surface area contributed by atoms with E-state index in [1.54, 1.807) is 30.5 Å². The highest BCUT2D eigenvalue weighted by Gasteiger charge is 2.38. The minimum absolute atomic E-state index is 0.00184. The van der Waals surface area contributed by atoms with Gasteiger partial charge in [-0.15, -0.1) is 0 Å². The standard InChI is InChI=1S/C26H28N6O4S/c1-26(2,3)30-24(34)21(17-13-29-18-8-6-5-7-16(17)18)32(14-9-11-15(36-4)12-10-14)25(35)22-19(27)20(23(28)33)31-37-22/h5-13,21,29H,27H2,1-4H3,(H2,28,33)(H,30,34)/t21-/m0/s1. The lowest BCUT2D eigenvalue weighted by Gasteiger charge is -2.33. The number of aromatic nitrogens is 2. The SMILES string of the molecule is COc1ccc(N(C(=O)c2snc(C(N)=O)c2N)[C@H](C(=O)NC(C)(C)C)c2c[nH]c3ccccc23)cc1. The van der Waals surface area contributed by atoms with E-state index in [-0.39, 0.29) is 16.3 Å². The van der Waals surface area contributed by atoms with Crippen LogP contribution in [0.25, 0.3) is 10.9 Å². The van der Waals surface area contributed by atoms with Gasteiger partial charge in [0.15, 0.2) is 5.69 Å². The molecular formula is C26H28N6O4S. The van der Waals surface area contributed by atoms with Gasteiger partial charge in [0.05, 0.1) is 12.8 Å². The second-order valence-electron chi connectivity index (χ2n) is 9.44. The molecule has 10 nitrogen and oxygen atoms in total. The summed E-state index contributed by atoms with van der Waals surface area (Å²) in [7, 11) is 1.53. The van der Waals surface area contributed by atoms with Crippen molar-refractivity contribution in [1.29, 1.82) is 0 Å². The number of fused-ring (bicyclic) bond motifs is 1. The van der Waals surface area contributed by atoms with E-state index in [1.807, 2.05) is 45.0 Å². The minimum Gasteiger partial charge on any atom is -0.497 e. The molecule has 0 spiro atoms. The molecular weight excluding hydrogens is 492 g/mol. The zero-order chi connectivity index (χ0) is 26.9. The maximum atomic E-state index is 14.1. The number of methoxy groups -OCH3 is 1. The number of rotatable bonds is 7. The summed E-state index contributed by atoms with van der Waals surface area (Å²) >= 11 is 0.755. The number of ether oxygens (including phenoxy) is 1. The number of nitrogen functional groups attached to an aromatic ring is 1. The van der Waals surface area contributed by atoms with Gasteiger partial charge in [-0.1, -0.05) is 18.2 Å². The lowest BCUT2D eigenvalue weighted by molar-refractivity contribution is -0.123. The van der Waals surface area contributed by atoms with Gasteiger partial charge < -0.3 is 26.5 Å². The van der Waals surface area contributed by atoms with Crippen LogP contribution in [0, 0.1) is 0 Å². The van der Waals surface area contributed by atoms with Gasteiger partial charge in [-0.25, -0.2) is 0 Å². The van der Waals surface area contributed by atoms with E-state index in [2.05, 4.69) is 14.7 Å². The number of nitrogens with zero attached hydrogens (tertiary/aromatic N) is 2. The van der Waals surface area contributed by atoms with Crippen molar-refractivity contribution in [3.05, 3.63) is 70.9 Å². The Labute approximate surface area is 217 Å². The maximum Gasteiger partial charge on any atom is 0.273 e. The van der Waals surface area contributed by atoms with Crippen LogP contribution in [0.1, 0.15) is 52.5 Å². The topological polar surface area (TPSA) is 156 Å². The number of carbonyl (C=O) groups is 3. The van der Waals surface area contributed by atoms with Gasteiger partial charge >= 0.3 is 0 Å². The fourth-order valence-electron chi connectivity index (χ4n) is 4.02. The molecule has 0 radical (unpaired) electrons. The summed E-state index contributed by atoms with van der Waals surface area (Å²) in [5.74, 6) is -1.28. The van der Waals surface area contributed by atoms with E-state index in [0.717, 1.165) is 22.4 Å². The summed E-state index contributed by atoms with van der Waals surface area (Å²) < 4.78 is 9.26. The first-order chi connectivity index (χ1) is 17.5. The number of nitrogens with one attached hydrogen (secondary N) is 2. The molecule has 11 heteroatoms. The van der Waals surface area contributed by atoms with Crippen LogP contribution >= 0.6 is 11.5 Å². The summed E-state index contributed by atoms with van der Waals surface area (Å²) in [6, 6.07) is 13.1. The molecule has 0 aliphatic rings. The predicted molar refractivity (Wildman–Crippen MR) is 144 cm³/mol. The van der Waals surface area contributed by atoms with Gasteiger partial charge in [0.1, 0.15) is 16.7 Å². The van der Waals surface area contributed by atoms with Crippen LogP contribution in [-0.4, -0.2) is 39.7 Å². The third-order valence-corrected chi connectivity index (χ3v) is 6.50. The van der Waals surface area contributed by atoms with Crippen LogP contribution in [-0.2, 0) is 4.79 Å². The average molecular weight is 521 g/mol. The van der Waals surface area contributed by atoms with E-state index >= 15 is 0 Å². The largest absolute Gasteiger partial charge is 0.497 e. The molecule has 192 valence electrons. The number of anilines is 2. The molecule has 4 aromatic rings. The van der Waals surface area contributed by atoms with E-state index < -0.39 is 29.3 Å². The van der Waals surface area contributed by atoms with E-state index in [9.17, 15) is 14.4 Å². The van der Waals surface area contributed by atoms with Crippen molar-refractivity contribution >= 4 is 51.5 Å². The number of H-pyrrole nitrogens is 1. The molecule has 3 amide bonds.